The topological polar surface area (TPSA) is 99.5 Å². The molecule has 8 nitrogen and oxygen atoms in total. The first-order chi connectivity index (χ1) is 16.3. The molecule has 2 aliphatic heterocycles. The monoisotopic (exact) mass is 466 g/mol. The lowest BCUT2D eigenvalue weighted by molar-refractivity contribution is -0.139. The summed E-state index contributed by atoms with van der Waals surface area (Å²) in [5.41, 5.74) is 1.94. The number of carbonyl (C=O) groups is 2. The molecular formula is C26H30N2O6. The van der Waals surface area contributed by atoms with Crippen molar-refractivity contribution in [2.75, 3.05) is 40.9 Å². The Labute approximate surface area is 199 Å². The van der Waals surface area contributed by atoms with Crippen LogP contribution in [-0.2, 0) is 16.0 Å². The van der Waals surface area contributed by atoms with Gasteiger partial charge in [0, 0.05) is 12.1 Å². The number of ether oxygens (including phenoxy) is 2. The van der Waals surface area contributed by atoms with E-state index in [1.807, 2.05) is 25.1 Å². The van der Waals surface area contributed by atoms with Gasteiger partial charge in [-0.3, -0.25) is 9.59 Å². The lowest BCUT2D eigenvalue weighted by Crippen LogP contribution is -2.32. The van der Waals surface area contributed by atoms with E-state index in [1.165, 1.54) is 18.1 Å². The van der Waals surface area contributed by atoms with Crippen LogP contribution in [0.5, 0.6) is 17.2 Å². The summed E-state index contributed by atoms with van der Waals surface area (Å²) in [7, 11) is 5.32. The van der Waals surface area contributed by atoms with Crippen LogP contribution in [0.2, 0.25) is 0 Å². The van der Waals surface area contributed by atoms with E-state index < -0.39 is 17.7 Å². The molecule has 0 aromatic heterocycles. The van der Waals surface area contributed by atoms with Crippen molar-refractivity contribution in [2.24, 2.45) is 0 Å². The summed E-state index contributed by atoms with van der Waals surface area (Å²) >= 11 is 0. The van der Waals surface area contributed by atoms with Crippen LogP contribution in [0, 0.1) is 0 Å². The number of nitrogens with zero attached hydrogens (tertiary/aromatic N) is 2. The van der Waals surface area contributed by atoms with E-state index >= 15 is 0 Å². The number of aromatic hydroxyl groups is 1. The number of carbonyl (C=O) groups excluding carboxylic acids is 2. The maximum absolute atomic E-state index is 13.2. The van der Waals surface area contributed by atoms with Crippen LogP contribution in [-0.4, -0.2) is 72.6 Å². The van der Waals surface area contributed by atoms with Crippen molar-refractivity contribution in [1.82, 2.24) is 9.80 Å². The average Bonchev–Trinajstić information content (AvgIpc) is 3.08. The number of hydrogen-bond donors (Lipinski definition) is 2. The first-order valence-corrected chi connectivity index (χ1v) is 11.4. The van der Waals surface area contributed by atoms with E-state index in [4.69, 9.17) is 9.47 Å². The zero-order chi connectivity index (χ0) is 24.4. The van der Waals surface area contributed by atoms with Crippen molar-refractivity contribution in [3.63, 3.8) is 0 Å². The minimum atomic E-state index is -0.828. The molecule has 0 spiro atoms. The van der Waals surface area contributed by atoms with E-state index in [0.717, 1.165) is 30.7 Å². The van der Waals surface area contributed by atoms with E-state index in [0.29, 0.717) is 30.7 Å². The Kier molecular flexibility index (Phi) is 6.79. The first kappa shape index (κ1) is 23.6. The van der Waals surface area contributed by atoms with Gasteiger partial charge in [0.25, 0.3) is 11.7 Å². The minimum absolute atomic E-state index is 0.0103. The van der Waals surface area contributed by atoms with Crippen molar-refractivity contribution < 1.29 is 29.3 Å². The third-order valence-corrected chi connectivity index (χ3v) is 6.24. The van der Waals surface area contributed by atoms with Crippen molar-refractivity contribution in [1.29, 1.82) is 0 Å². The highest BCUT2D eigenvalue weighted by Gasteiger charge is 2.46. The first-order valence-electron chi connectivity index (χ1n) is 11.4. The largest absolute Gasteiger partial charge is 0.507 e. The maximum atomic E-state index is 13.2. The quantitative estimate of drug-likeness (QED) is 0.367. The van der Waals surface area contributed by atoms with Gasteiger partial charge < -0.3 is 29.5 Å². The Morgan fingerprint density at radius 3 is 2.71 bits per heavy atom. The third kappa shape index (κ3) is 4.46. The van der Waals surface area contributed by atoms with Crippen molar-refractivity contribution in [3.05, 3.63) is 58.7 Å². The molecule has 0 bridgehead atoms. The van der Waals surface area contributed by atoms with Gasteiger partial charge >= 0.3 is 0 Å². The molecular weight excluding hydrogens is 436 g/mol. The normalized spacial score (nSPS) is 19.3. The van der Waals surface area contributed by atoms with Crippen molar-refractivity contribution in [2.45, 2.75) is 25.3 Å². The molecule has 1 atom stereocenters. The number of phenolic OH excluding ortho intramolecular Hbond substituents is 1. The second-order valence-electron chi connectivity index (χ2n) is 8.86. The van der Waals surface area contributed by atoms with Gasteiger partial charge in [-0.25, -0.2) is 0 Å². The number of rotatable bonds is 7. The summed E-state index contributed by atoms with van der Waals surface area (Å²) in [6.07, 6.45) is 2.33. The third-order valence-electron chi connectivity index (χ3n) is 6.24. The number of phenols is 1. The van der Waals surface area contributed by atoms with Gasteiger partial charge in [-0.05, 0) is 81.4 Å². The van der Waals surface area contributed by atoms with Gasteiger partial charge in [0.1, 0.15) is 11.5 Å². The Morgan fingerprint density at radius 1 is 1.21 bits per heavy atom. The molecule has 180 valence electrons. The van der Waals surface area contributed by atoms with E-state index in [9.17, 15) is 19.8 Å². The summed E-state index contributed by atoms with van der Waals surface area (Å²) in [5.74, 6) is -0.697. The number of fused-ring (bicyclic) bond motifs is 1. The highest BCUT2D eigenvalue weighted by Crippen LogP contribution is 2.42. The highest BCUT2D eigenvalue weighted by molar-refractivity contribution is 6.46. The summed E-state index contributed by atoms with van der Waals surface area (Å²) in [6.45, 7) is 1.71. The fraction of sp³-hybridized carbons (Fsp3) is 0.385. The van der Waals surface area contributed by atoms with E-state index in [1.54, 1.807) is 24.3 Å². The number of aliphatic hydroxyl groups excluding tert-OH is 1. The number of hydrogen-bond acceptors (Lipinski definition) is 7. The molecule has 2 N–H and O–H groups in total. The summed E-state index contributed by atoms with van der Waals surface area (Å²) in [4.78, 5) is 29.7. The predicted molar refractivity (Wildman–Crippen MR) is 127 cm³/mol. The van der Waals surface area contributed by atoms with Gasteiger partial charge in [0.05, 0.1) is 25.3 Å². The minimum Gasteiger partial charge on any atom is -0.507 e. The van der Waals surface area contributed by atoms with Crippen molar-refractivity contribution in [3.8, 4) is 17.2 Å². The highest BCUT2D eigenvalue weighted by atomic mass is 16.5. The Bertz CT molecular complexity index is 1140. The number of aryl methyl sites for hydroxylation is 1. The van der Waals surface area contributed by atoms with Gasteiger partial charge in [-0.2, -0.15) is 0 Å². The molecule has 2 aromatic carbocycles. The number of likely N-dealkylation sites (tertiary alicyclic amines) is 1. The lowest BCUT2D eigenvalue weighted by atomic mass is 9.93. The molecule has 8 heteroatoms. The zero-order valence-electron chi connectivity index (χ0n) is 19.7. The van der Waals surface area contributed by atoms with Gasteiger partial charge in [-0.1, -0.05) is 6.07 Å². The molecule has 0 aliphatic carbocycles. The fourth-order valence-electron chi connectivity index (χ4n) is 4.55. The molecule has 1 unspecified atom stereocenters. The van der Waals surface area contributed by atoms with Crippen LogP contribution in [0.15, 0.2) is 42.0 Å². The summed E-state index contributed by atoms with van der Waals surface area (Å²) < 4.78 is 10.8. The number of amides is 1. The number of aliphatic hydroxyl groups is 1. The second kappa shape index (κ2) is 9.77. The van der Waals surface area contributed by atoms with Crippen LogP contribution < -0.4 is 9.47 Å². The maximum Gasteiger partial charge on any atom is 0.295 e. The Hall–Kier alpha value is -3.52. The Morgan fingerprint density at radius 2 is 2.00 bits per heavy atom. The second-order valence-corrected chi connectivity index (χ2v) is 8.86. The standard InChI is InChI=1S/C26H30N2O6/c1-27(2)11-5-12-28-23(17-7-10-21(33-3)19(29)15-17)22(25(31)26(28)32)24(30)18-8-9-20-16(14-18)6-4-13-34-20/h7-10,14-15,23,29-30H,4-6,11-13H2,1-3H3/b24-22-. The number of ketones is 1. The van der Waals surface area contributed by atoms with Crippen LogP contribution in [0.1, 0.15) is 35.6 Å². The molecule has 34 heavy (non-hydrogen) atoms. The molecule has 0 radical (unpaired) electrons. The van der Waals surface area contributed by atoms with Crippen LogP contribution >= 0.6 is 0 Å². The molecule has 4 rings (SSSR count). The van der Waals surface area contributed by atoms with Gasteiger partial charge in [0.15, 0.2) is 11.5 Å². The van der Waals surface area contributed by atoms with E-state index in [2.05, 4.69) is 0 Å². The molecule has 2 aromatic rings. The average molecular weight is 467 g/mol. The lowest BCUT2D eigenvalue weighted by Gasteiger charge is -2.26. The number of methoxy groups -OCH3 is 1. The molecule has 0 saturated carbocycles. The SMILES string of the molecule is COc1ccc(C2/C(=C(/O)c3ccc4c(c3)CCCO4)C(=O)C(=O)N2CCCN(C)C)cc1O. The van der Waals surface area contributed by atoms with Crippen molar-refractivity contribution >= 4 is 17.4 Å². The van der Waals surface area contributed by atoms with Crippen LogP contribution in [0.3, 0.4) is 0 Å². The molecule has 2 aliphatic rings. The summed E-state index contributed by atoms with van der Waals surface area (Å²) in [6, 6.07) is 9.22. The van der Waals surface area contributed by atoms with Gasteiger partial charge in [-0.15, -0.1) is 0 Å². The number of benzene rings is 2. The molecule has 1 fully saturated rings. The summed E-state index contributed by atoms with van der Waals surface area (Å²) in [5, 5.41) is 21.7. The molecule has 1 amide bonds. The fourth-order valence-corrected chi connectivity index (χ4v) is 4.55. The Balaban J connectivity index is 1.80. The smallest absolute Gasteiger partial charge is 0.295 e. The zero-order valence-corrected chi connectivity index (χ0v) is 19.7. The van der Waals surface area contributed by atoms with Crippen LogP contribution in [0.4, 0.5) is 0 Å². The van der Waals surface area contributed by atoms with E-state index in [-0.39, 0.29) is 22.8 Å². The predicted octanol–water partition coefficient (Wildman–Crippen LogP) is 3.10. The molecule has 2 heterocycles. The molecule has 1 saturated heterocycles. The van der Waals surface area contributed by atoms with Gasteiger partial charge in [0.2, 0.25) is 0 Å². The number of Topliss-reactive ketones (excluding diaryl/α,β-unsaturated/α-hetero) is 1. The van der Waals surface area contributed by atoms with Crippen LogP contribution in [0.25, 0.3) is 5.76 Å².